The highest BCUT2D eigenvalue weighted by molar-refractivity contribution is 5.43. The van der Waals surface area contributed by atoms with Gasteiger partial charge in [0.1, 0.15) is 5.60 Å². The van der Waals surface area contributed by atoms with Crippen molar-refractivity contribution in [3.63, 3.8) is 0 Å². The number of nitrogens with zero attached hydrogens (tertiary/aromatic N) is 2. The molecule has 0 radical (unpaired) electrons. The van der Waals surface area contributed by atoms with E-state index in [1.807, 2.05) is 6.07 Å². The average Bonchev–Trinajstić information content (AvgIpc) is 2.46. The SMILES string of the molecule is CC(O)(c1cccc(C#N)c1)c1cnccc1C(F)(F)F. The van der Waals surface area contributed by atoms with Gasteiger partial charge < -0.3 is 5.11 Å². The van der Waals surface area contributed by atoms with Gasteiger partial charge in [-0.25, -0.2) is 0 Å². The Balaban J connectivity index is 2.62. The van der Waals surface area contributed by atoms with Crippen molar-refractivity contribution >= 4 is 0 Å². The number of aliphatic hydroxyl groups is 1. The summed E-state index contributed by atoms with van der Waals surface area (Å²) in [5, 5.41) is 19.4. The van der Waals surface area contributed by atoms with Gasteiger partial charge in [0.15, 0.2) is 0 Å². The lowest BCUT2D eigenvalue weighted by Gasteiger charge is -2.27. The molecule has 1 aromatic heterocycles. The zero-order valence-corrected chi connectivity index (χ0v) is 11.0. The summed E-state index contributed by atoms with van der Waals surface area (Å²) in [5.74, 6) is 0. The van der Waals surface area contributed by atoms with Crippen LogP contribution in [0.1, 0.15) is 29.2 Å². The van der Waals surface area contributed by atoms with E-state index in [0.29, 0.717) is 0 Å². The van der Waals surface area contributed by atoms with Crippen LogP contribution in [0.3, 0.4) is 0 Å². The van der Waals surface area contributed by atoms with Gasteiger partial charge in [-0.3, -0.25) is 4.98 Å². The molecule has 0 aliphatic carbocycles. The summed E-state index contributed by atoms with van der Waals surface area (Å²) in [5.41, 5.74) is -2.77. The molecule has 3 nitrogen and oxygen atoms in total. The Kier molecular flexibility index (Phi) is 3.71. The van der Waals surface area contributed by atoms with E-state index in [-0.39, 0.29) is 16.7 Å². The van der Waals surface area contributed by atoms with Gasteiger partial charge in [0.2, 0.25) is 0 Å². The Morgan fingerprint density at radius 1 is 1.19 bits per heavy atom. The summed E-state index contributed by atoms with van der Waals surface area (Å²) < 4.78 is 39.1. The van der Waals surface area contributed by atoms with E-state index < -0.39 is 17.3 Å². The third-order valence-electron chi connectivity index (χ3n) is 3.20. The van der Waals surface area contributed by atoms with E-state index >= 15 is 0 Å². The first-order valence-electron chi connectivity index (χ1n) is 6.01. The zero-order chi connectivity index (χ0) is 15.7. The molecule has 108 valence electrons. The number of hydrogen-bond acceptors (Lipinski definition) is 3. The molecule has 0 saturated heterocycles. The highest BCUT2D eigenvalue weighted by atomic mass is 19.4. The van der Waals surface area contributed by atoms with Crippen molar-refractivity contribution in [1.29, 1.82) is 5.26 Å². The Labute approximate surface area is 119 Å². The van der Waals surface area contributed by atoms with Crippen LogP contribution in [0.5, 0.6) is 0 Å². The predicted molar refractivity (Wildman–Crippen MR) is 69.1 cm³/mol. The Morgan fingerprint density at radius 2 is 1.90 bits per heavy atom. The molecule has 0 aliphatic heterocycles. The van der Waals surface area contributed by atoms with Gasteiger partial charge in [0, 0.05) is 18.0 Å². The van der Waals surface area contributed by atoms with E-state index in [1.54, 1.807) is 0 Å². The summed E-state index contributed by atoms with van der Waals surface area (Å²) in [4.78, 5) is 3.67. The van der Waals surface area contributed by atoms with Crippen molar-refractivity contribution in [2.45, 2.75) is 18.7 Å². The van der Waals surface area contributed by atoms with Crippen molar-refractivity contribution in [2.75, 3.05) is 0 Å². The van der Waals surface area contributed by atoms with Crippen LogP contribution in [0.4, 0.5) is 13.2 Å². The number of halogens is 3. The standard InChI is InChI=1S/C15H11F3N2O/c1-14(21,11-4-2-3-10(7-11)8-19)13-9-20-6-5-12(13)15(16,17)18/h2-7,9,21H,1H3. The molecule has 0 fully saturated rings. The van der Waals surface area contributed by atoms with Crippen LogP contribution in [0, 0.1) is 11.3 Å². The molecule has 2 aromatic rings. The number of hydrogen-bond donors (Lipinski definition) is 1. The van der Waals surface area contributed by atoms with E-state index in [0.717, 1.165) is 18.5 Å². The maximum Gasteiger partial charge on any atom is 0.416 e. The lowest BCUT2D eigenvalue weighted by atomic mass is 9.85. The fraction of sp³-hybridized carbons (Fsp3) is 0.200. The molecule has 0 amide bonds. The van der Waals surface area contributed by atoms with Gasteiger partial charge in [-0.05, 0) is 30.7 Å². The van der Waals surface area contributed by atoms with Gasteiger partial charge in [-0.15, -0.1) is 0 Å². The molecule has 1 N–H and O–H groups in total. The minimum Gasteiger partial charge on any atom is -0.381 e. The number of rotatable bonds is 2. The summed E-state index contributed by atoms with van der Waals surface area (Å²) in [6.07, 6.45) is -2.59. The van der Waals surface area contributed by atoms with E-state index in [4.69, 9.17) is 5.26 Å². The average molecular weight is 292 g/mol. The second-order valence-corrected chi connectivity index (χ2v) is 4.68. The highest BCUT2D eigenvalue weighted by Crippen LogP contribution is 2.39. The molecule has 1 atom stereocenters. The largest absolute Gasteiger partial charge is 0.416 e. The second kappa shape index (κ2) is 5.19. The third kappa shape index (κ3) is 2.88. The molecular weight excluding hydrogens is 281 g/mol. The van der Waals surface area contributed by atoms with E-state index in [9.17, 15) is 18.3 Å². The number of benzene rings is 1. The fourth-order valence-electron chi connectivity index (χ4n) is 2.08. The second-order valence-electron chi connectivity index (χ2n) is 4.68. The summed E-state index contributed by atoms with van der Waals surface area (Å²) in [6.45, 7) is 1.25. The molecule has 1 heterocycles. The Morgan fingerprint density at radius 3 is 2.52 bits per heavy atom. The lowest BCUT2D eigenvalue weighted by Crippen LogP contribution is -2.27. The molecule has 0 aliphatic rings. The summed E-state index contributed by atoms with van der Waals surface area (Å²) in [6, 6.07) is 8.54. The zero-order valence-electron chi connectivity index (χ0n) is 11.0. The summed E-state index contributed by atoms with van der Waals surface area (Å²) in [7, 11) is 0. The van der Waals surface area contributed by atoms with Gasteiger partial charge in [-0.2, -0.15) is 18.4 Å². The number of nitriles is 1. The first-order valence-corrected chi connectivity index (χ1v) is 6.01. The first-order chi connectivity index (χ1) is 9.76. The van der Waals surface area contributed by atoms with Crippen molar-refractivity contribution in [1.82, 2.24) is 4.98 Å². The number of aromatic nitrogens is 1. The van der Waals surface area contributed by atoms with Crippen LogP contribution in [0.15, 0.2) is 42.7 Å². The third-order valence-corrected chi connectivity index (χ3v) is 3.20. The summed E-state index contributed by atoms with van der Waals surface area (Å²) >= 11 is 0. The molecule has 6 heteroatoms. The molecule has 21 heavy (non-hydrogen) atoms. The minimum atomic E-state index is -4.60. The topological polar surface area (TPSA) is 56.9 Å². The van der Waals surface area contributed by atoms with Gasteiger partial charge in [0.05, 0.1) is 17.2 Å². The van der Waals surface area contributed by atoms with Crippen molar-refractivity contribution in [2.24, 2.45) is 0 Å². The van der Waals surface area contributed by atoms with Gasteiger partial charge >= 0.3 is 6.18 Å². The maximum absolute atomic E-state index is 13.0. The molecule has 2 rings (SSSR count). The van der Waals surface area contributed by atoms with Gasteiger partial charge in [-0.1, -0.05) is 12.1 Å². The Hall–Kier alpha value is -2.39. The minimum absolute atomic E-state index is 0.194. The van der Waals surface area contributed by atoms with Gasteiger partial charge in [0.25, 0.3) is 0 Å². The molecule has 1 unspecified atom stereocenters. The smallest absolute Gasteiger partial charge is 0.381 e. The van der Waals surface area contributed by atoms with Crippen molar-refractivity contribution in [3.8, 4) is 6.07 Å². The quantitative estimate of drug-likeness (QED) is 0.924. The normalized spacial score (nSPS) is 14.3. The maximum atomic E-state index is 13.0. The fourth-order valence-corrected chi connectivity index (χ4v) is 2.08. The number of alkyl halides is 3. The monoisotopic (exact) mass is 292 g/mol. The van der Waals surface area contributed by atoms with E-state index in [2.05, 4.69) is 4.98 Å². The van der Waals surface area contributed by atoms with Crippen LogP contribution < -0.4 is 0 Å². The number of pyridine rings is 1. The Bertz CT molecular complexity index is 703. The molecule has 1 aromatic carbocycles. The lowest BCUT2D eigenvalue weighted by molar-refractivity contribution is -0.140. The predicted octanol–water partition coefficient (Wildman–Crippen LogP) is 3.23. The van der Waals surface area contributed by atoms with Crippen molar-refractivity contribution in [3.05, 3.63) is 65.0 Å². The molecular formula is C15H11F3N2O. The van der Waals surface area contributed by atoms with Crippen LogP contribution in [-0.2, 0) is 11.8 Å². The van der Waals surface area contributed by atoms with Crippen molar-refractivity contribution < 1.29 is 18.3 Å². The first kappa shape index (κ1) is 15.0. The highest BCUT2D eigenvalue weighted by Gasteiger charge is 2.39. The molecule has 0 saturated carbocycles. The van der Waals surface area contributed by atoms with E-state index in [1.165, 1.54) is 31.2 Å². The van der Waals surface area contributed by atoms with Crippen LogP contribution in [-0.4, -0.2) is 10.1 Å². The van der Waals surface area contributed by atoms with Crippen LogP contribution >= 0.6 is 0 Å². The molecule has 0 spiro atoms. The van der Waals surface area contributed by atoms with Crippen LogP contribution in [0.2, 0.25) is 0 Å². The molecule has 0 bridgehead atoms. The van der Waals surface area contributed by atoms with Crippen LogP contribution in [0.25, 0.3) is 0 Å².